The predicted octanol–water partition coefficient (Wildman–Crippen LogP) is -0.761. The van der Waals surface area contributed by atoms with Gasteiger partial charge in [0.25, 0.3) is 0 Å². The monoisotopic (exact) mass is 238 g/mol. The minimum atomic E-state index is 0.139. The van der Waals surface area contributed by atoms with Gasteiger partial charge in [0.05, 0.1) is 13.2 Å². The molecule has 0 spiro atoms. The van der Waals surface area contributed by atoms with Gasteiger partial charge < -0.3 is 16.6 Å². The first kappa shape index (κ1) is 12.0. The van der Waals surface area contributed by atoms with Gasteiger partial charge in [-0.1, -0.05) is 6.92 Å². The molecule has 2 heterocycles. The van der Waals surface area contributed by atoms with Gasteiger partial charge in [0.2, 0.25) is 11.9 Å². The number of likely N-dealkylation sites (tertiary alicyclic amines) is 1. The van der Waals surface area contributed by atoms with E-state index >= 15 is 0 Å². The zero-order valence-electron chi connectivity index (χ0n) is 9.87. The van der Waals surface area contributed by atoms with Gasteiger partial charge in [-0.25, -0.2) is 0 Å². The second-order valence-corrected chi connectivity index (χ2v) is 4.45. The molecule has 1 aliphatic rings. The maximum atomic E-state index is 9.35. The predicted molar refractivity (Wildman–Crippen MR) is 63.7 cm³/mol. The molecular formula is C10H18N6O. The maximum absolute atomic E-state index is 9.35. The summed E-state index contributed by atoms with van der Waals surface area (Å²) < 4.78 is 0. The normalized spacial score (nSPS) is 25.3. The van der Waals surface area contributed by atoms with Crippen LogP contribution >= 0.6 is 0 Å². The molecule has 94 valence electrons. The van der Waals surface area contributed by atoms with Crippen molar-refractivity contribution in [3.8, 4) is 0 Å². The standard InChI is InChI=1S/C10H18N6O/c1-6-2-3-16(7(6)5-17)4-8-13-9(11)15-10(12)14-8/h6-7,17H,2-5H2,1H3,(H4,11,12,13,14,15). The van der Waals surface area contributed by atoms with E-state index in [9.17, 15) is 5.11 Å². The van der Waals surface area contributed by atoms with Gasteiger partial charge in [-0.3, -0.25) is 4.90 Å². The molecule has 1 saturated heterocycles. The highest BCUT2D eigenvalue weighted by Crippen LogP contribution is 2.24. The molecule has 0 amide bonds. The Morgan fingerprint density at radius 3 is 2.53 bits per heavy atom. The zero-order chi connectivity index (χ0) is 12.4. The van der Waals surface area contributed by atoms with Crippen molar-refractivity contribution in [3.05, 3.63) is 5.82 Å². The van der Waals surface area contributed by atoms with Crippen LogP contribution in [-0.4, -0.2) is 44.2 Å². The van der Waals surface area contributed by atoms with Gasteiger partial charge in [0, 0.05) is 6.04 Å². The number of anilines is 2. The Balaban J connectivity index is 2.10. The van der Waals surface area contributed by atoms with Gasteiger partial charge in [0.1, 0.15) is 5.82 Å². The van der Waals surface area contributed by atoms with Crippen LogP contribution in [0.3, 0.4) is 0 Å². The van der Waals surface area contributed by atoms with Crippen LogP contribution < -0.4 is 11.5 Å². The molecule has 1 aromatic rings. The van der Waals surface area contributed by atoms with Gasteiger partial charge in [0.15, 0.2) is 0 Å². The van der Waals surface area contributed by atoms with E-state index in [2.05, 4.69) is 26.8 Å². The molecular weight excluding hydrogens is 220 g/mol. The first-order valence-electron chi connectivity index (χ1n) is 5.71. The van der Waals surface area contributed by atoms with E-state index in [1.165, 1.54) is 0 Å². The summed E-state index contributed by atoms with van der Waals surface area (Å²) in [6.07, 6.45) is 1.07. The quantitative estimate of drug-likeness (QED) is 0.634. The number of aromatic nitrogens is 3. The smallest absolute Gasteiger partial charge is 0.225 e. The number of hydrogen-bond donors (Lipinski definition) is 3. The van der Waals surface area contributed by atoms with E-state index in [0.29, 0.717) is 18.3 Å². The summed E-state index contributed by atoms with van der Waals surface area (Å²) in [7, 11) is 0. The third kappa shape index (κ3) is 2.62. The second kappa shape index (κ2) is 4.80. The molecule has 1 aliphatic heterocycles. The lowest BCUT2D eigenvalue weighted by atomic mass is 10.0. The number of hydrogen-bond acceptors (Lipinski definition) is 7. The van der Waals surface area contributed by atoms with Crippen LogP contribution in [-0.2, 0) is 6.54 Å². The Bertz CT molecular complexity index is 378. The van der Waals surface area contributed by atoms with Crippen LogP contribution in [0.25, 0.3) is 0 Å². The molecule has 0 aliphatic carbocycles. The van der Waals surface area contributed by atoms with Crippen LogP contribution in [0.1, 0.15) is 19.2 Å². The number of rotatable bonds is 3. The number of aliphatic hydroxyl groups is 1. The number of nitrogens with two attached hydrogens (primary N) is 2. The summed E-state index contributed by atoms with van der Waals surface area (Å²) in [5, 5.41) is 9.35. The van der Waals surface area contributed by atoms with E-state index in [1.54, 1.807) is 0 Å². The molecule has 1 aromatic heterocycles. The largest absolute Gasteiger partial charge is 0.395 e. The molecule has 0 saturated carbocycles. The van der Waals surface area contributed by atoms with Crippen LogP contribution in [0, 0.1) is 5.92 Å². The molecule has 1 fully saturated rings. The lowest BCUT2D eigenvalue weighted by Gasteiger charge is -2.24. The minimum Gasteiger partial charge on any atom is -0.395 e. The molecule has 5 N–H and O–H groups in total. The van der Waals surface area contributed by atoms with Gasteiger partial charge in [-0.05, 0) is 18.9 Å². The topological polar surface area (TPSA) is 114 Å². The first-order chi connectivity index (χ1) is 8.10. The minimum absolute atomic E-state index is 0.139. The van der Waals surface area contributed by atoms with Gasteiger partial charge in [-0.15, -0.1) is 0 Å². The summed E-state index contributed by atoms with van der Waals surface area (Å²) in [5.74, 6) is 1.32. The lowest BCUT2D eigenvalue weighted by Crippen LogP contribution is -2.35. The van der Waals surface area contributed by atoms with Gasteiger partial charge in [-0.2, -0.15) is 15.0 Å². The summed E-state index contributed by atoms with van der Waals surface area (Å²) in [6.45, 7) is 3.76. The van der Waals surface area contributed by atoms with Crippen molar-refractivity contribution in [1.29, 1.82) is 0 Å². The number of nitrogens with zero attached hydrogens (tertiary/aromatic N) is 4. The third-order valence-electron chi connectivity index (χ3n) is 3.25. The summed E-state index contributed by atoms with van der Waals surface area (Å²) in [6, 6.07) is 0.161. The molecule has 0 bridgehead atoms. The average molecular weight is 238 g/mol. The molecule has 2 atom stereocenters. The highest BCUT2D eigenvalue weighted by molar-refractivity contribution is 5.25. The van der Waals surface area contributed by atoms with Crippen LogP contribution in [0.4, 0.5) is 11.9 Å². The van der Waals surface area contributed by atoms with Crippen molar-refractivity contribution in [2.45, 2.75) is 25.9 Å². The summed E-state index contributed by atoms with van der Waals surface area (Å²) in [5.41, 5.74) is 11.0. The molecule has 2 rings (SSSR count). The Labute approximate surface area is 99.9 Å². The fraction of sp³-hybridized carbons (Fsp3) is 0.700. The molecule has 7 heteroatoms. The third-order valence-corrected chi connectivity index (χ3v) is 3.25. The van der Waals surface area contributed by atoms with E-state index in [4.69, 9.17) is 11.5 Å². The van der Waals surface area contributed by atoms with E-state index in [-0.39, 0.29) is 24.5 Å². The van der Waals surface area contributed by atoms with Crippen molar-refractivity contribution < 1.29 is 5.11 Å². The summed E-state index contributed by atoms with van der Waals surface area (Å²) in [4.78, 5) is 14.0. The van der Waals surface area contributed by atoms with Crippen molar-refractivity contribution >= 4 is 11.9 Å². The highest BCUT2D eigenvalue weighted by Gasteiger charge is 2.30. The maximum Gasteiger partial charge on any atom is 0.225 e. The van der Waals surface area contributed by atoms with Crippen molar-refractivity contribution in [2.75, 3.05) is 24.6 Å². The van der Waals surface area contributed by atoms with Crippen LogP contribution in [0.15, 0.2) is 0 Å². The fourth-order valence-electron chi connectivity index (χ4n) is 2.29. The highest BCUT2D eigenvalue weighted by atomic mass is 16.3. The summed E-state index contributed by atoms with van der Waals surface area (Å²) >= 11 is 0. The lowest BCUT2D eigenvalue weighted by molar-refractivity contribution is 0.132. The van der Waals surface area contributed by atoms with Gasteiger partial charge >= 0.3 is 0 Å². The number of nitrogen functional groups attached to an aromatic ring is 2. The Morgan fingerprint density at radius 2 is 1.94 bits per heavy atom. The van der Waals surface area contributed by atoms with E-state index in [0.717, 1.165) is 13.0 Å². The Morgan fingerprint density at radius 1 is 1.29 bits per heavy atom. The second-order valence-electron chi connectivity index (χ2n) is 4.45. The molecule has 0 radical (unpaired) electrons. The Hall–Kier alpha value is -1.47. The van der Waals surface area contributed by atoms with Crippen molar-refractivity contribution in [3.63, 3.8) is 0 Å². The van der Waals surface area contributed by atoms with Crippen LogP contribution in [0.5, 0.6) is 0 Å². The molecule has 0 aromatic carbocycles. The van der Waals surface area contributed by atoms with Crippen LogP contribution in [0.2, 0.25) is 0 Å². The number of aliphatic hydroxyl groups excluding tert-OH is 1. The first-order valence-corrected chi connectivity index (χ1v) is 5.71. The Kier molecular flexibility index (Phi) is 3.39. The van der Waals surface area contributed by atoms with E-state index < -0.39 is 0 Å². The average Bonchev–Trinajstić information content (AvgIpc) is 2.57. The molecule has 2 unspecified atom stereocenters. The van der Waals surface area contributed by atoms with Crippen molar-refractivity contribution in [1.82, 2.24) is 19.9 Å². The fourth-order valence-corrected chi connectivity index (χ4v) is 2.29. The van der Waals surface area contributed by atoms with Crippen molar-refractivity contribution in [2.24, 2.45) is 5.92 Å². The SMILES string of the molecule is CC1CCN(Cc2nc(N)nc(N)n2)C1CO. The zero-order valence-corrected chi connectivity index (χ0v) is 9.87. The van der Waals surface area contributed by atoms with E-state index in [1.807, 2.05) is 0 Å². The molecule has 17 heavy (non-hydrogen) atoms. The molecule has 7 nitrogen and oxygen atoms in total.